The molecule has 204 valence electrons. The monoisotopic (exact) mass is 539 g/mol. The van der Waals surface area contributed by atoms with Gasteiger partial charge in [0.1, 0.15) is 0 Å². The van der Waals surface area contributed by atoms with E-state index in [0.29, 0.717) is 13.2 Å². The smallest absolute Gasteiger partial charge is 0.264 e. The van der Waals surface area contributed by atoms with Crippen molar-refractivity contribution in [3.63, 3.8) is 0 Å². The predicted molar refractivity (Wildman–Crippen MR) is 162 cm³/mol. The molecule has 0 heterocycles. The second-order valence-corrected chi connectivity index (χ2v) is 15.3. The van der Waals surface area contributed by atoms with Crippen LogP contribution in [0.15, 0.2) is 121 Å². The number of rotatable bonds is 12. The van der Waals surface area contributed by atoms with Gasteiger partial charge in [-0.1, -0.05) is 142 Å². The van der Waals surface area contributed by atoms with Gasteiger partial charge in [0.2, 0.25) is 0 Å². The molecular formula is C34H41NO3Si. The highest BCUT2D eigenvalue weighted by molar-refractivity contribution is 6.99. The number of nitrogens with one attached hydrogen (secondary N) is 1. The van der Waals surface area contributed by atoms with Crippen LogP contribution in [0.2, 0.25) is 5.04 Å². The number of benzene rings is 4. The van der Waals surface area contributed by atoms with Crippen molar-refractivity contribution >= 4 is 18.7 Å². The molecule has 0 saturated heterocycles. The van der Waals surface area contributed by atoms with Crippen LogP contribution in [0.3, 0.4) is 0 Å². The lowest BCUT2D eigenvalue weighted by molar-refractivity contribution is -0.134. The second-order valence-electron chi connectivity index (χ2n) is 11.1. The first-order chi connectivity index (χ1) is 18.8. The molecule has 2 N–H and O–H groups in total. The van der Waals surface area contributed by atoms with Crippen LogP contribution in [-0.2, 0) is 22.3 Å². The molecule has 0 bridgehead atoms. The summed E-state index contributed by atoms with van der Waals surface area (Å²) in [6, 6.07) is 41.0. The third-order valence-electron chi connectivity index (χ3n) is 7.16. The zero-order valence-electron chi connectivity index (χ0n) is 23.5. The van der Waals surface area contributed by atoms with E-state index < -0.39 is 26.8 Å². The fraction of sp³-hybridized carbons (Fsp3) is 0.294. The van der Waals surface area contributed by atoms with E-state index in [2.05, 4.69) is 98.9 Å². The Kier molecular flexibility index (Phi) is 9.89. The molecule has 0 spiro atoms. The molecule has 0 amide bonds. The normalized spacial score (nSPS) is 14.5. The third kappa shape index (κ3) is 7.12. The lowest BCUT2D eigenvalue weighted by Gasteiger charge is -2.46. The molecule has 4 rings (SSSR count). The topological polar surface area (TPSA) is 50.7 Å². The molecule has 0 saturated carbocycles. The highest BCUT2D eigenvalue weighted by atomic mass is 28.4. The Morgan fingerprint density at radius 2 is 1.13 bits per heavy atom. The van der Waals surface area contributed by atoms with Crippen LogP contribution >= 0.6 is 0 Å². The van der Waals surface area contributed by atoms with Gasteiger partial charge >= 0.3 is 0 Å². The molecule has 0 aliphatic rings. The fourth-order valence-electron chi connectivity index (χ4n) is 5.15. The molecule has 3 atom stereocenters. The van der Waals surface area contributed by atoms with E-state index in [1.165, 1.54) is 10.4 Å². The van der Waals surface area contributed by atoms with Gasteiger partial charge in [-0.15, -0.1) is 0 Å². The summed E-state index contributed by atoms with van der Waals surface area (Å²) in [7, 11) is -2.94. The molecule has 0 aromatic heterocycles. The Balaban J connectivity index is 1.78. The third-order valence-corrected chi connectivity index (χ3v) is 12.2. The summed E-state index contributed by atoms with van der Waals surface area (Å²) < 4.78 is 14.0. The quantitative estimate of drug-likeness (QED) is 0.181. The standard InChI is InChI=1S/C34H41NO3Si/c1-27(36)32(35-25-28-17-9-5-10-18-28)33(37-26-29-19-11-6-12-20-29)38-39(34(2,3)4,30-21-13-7-14-22-30)31-23-15-8-16-24-31/h5-24,27,32-33,35-36H,25-26H2,1-4H3/t27-,32-,33-/m1/s1. The summed E-state index contributed by atoms with van der Waals surface area (Å²) >= 11 is 0. The van der Waals surface area contributed by atoms with Crippen LogP contribution in [0.5, 0.6) is 0 Å². The van der Waals surface area contributed by atoms with Crippen molar-refractivity contribution in [3.05, 3.63) is 132 Å². The van der Waals surface area contributed by atoms with Crippen molar-refractivity contribution in [2.75, 3.05) is 0 Å². The Bertz CT molecular complexity index is 1210. The van der Waals surface area contributed by atoms with Crippen LogP contribution in [0.4, 0.5) is 0 Å². The second kappa shape index (κ2) is 13.3. The highest BCUT2D eigenvalue weighted by Crippen LogP contribution is 2.38. The van der Waals surface area contributed by atoms with Gasteiger partial charge in [0.05, 0.1) is 18.8 Å². The van der Waals surface area contributed by atoms with Gasteiger partial charge in [-0.05, 0) is 33.5 Å². The first-order valence-electron chi connectivity index (χ1n) is 13.7. The molecule has 0 aliphatic heterocycles. The molecule has 4 nitrogen and oxygen atoms in total. The van der Waals surface area contributed by atoms with E-state index in [1.54, 1.807) is 6.92 Å². The maximum Gasteiger partial charge on any atom is 0.264 e. The van der Waals surface area contributed by atoms with Crippen LogP contribution < -0.4 is 15.7 Å². The van der Waals surface area contributed by atoms with Gasteiger partial charge in [0.25, 0.3) is 8.32 Å². The van der Waals surface area contributed by atoms with Crippen LogP contribution in [0.1, 0.15) is 38.8 Å². The van der Waals surface area contributed by atoms with Crippen LogP contribution in [-0.4, -0.2) is 31.9 Å². The number of hydrogen-bond donors (Lipinski definition) is 2. The van der Waals surface area contributed by atoms with Crippen LogP contribution in [0.25, 0.3) is 0 Å². The summed E-state index contributed by atoms with van der Waals surface area (Å²) in [6.07, 6.45) is -1.42. The van der Waals surface area contributed by atoms with E-state index in [0.717, 1.165) is 11.1 Å². The lowest BCUT2D eigenvalue weighted by atomic mass is 10.1. The van der Waals surface area contributed by atoms with E-state index in [1.807, 2.05) is 48.5 Å². The van der Waals surface area contributed by atoms with Crippen molar-refractivity contribution in [1.29, 1.82) is 0 Å². The van der Waals surface area contributed by atoms with E-state index in [9.17, 15) is 5.11 Å². The summed E-state index contributed by atoms with van der Waals surface area (Å²) in [4.78, 5) is 0. The van der Waals surface area contributed by atoms with Gasteiger partial charge in [-0.3, -0.25) is 0 Å². The molecule has 4 aromatic rings. The van der Waals surface area contributed by atoms with Crippen molar-refractivity contribution in [2.24, 2.45) is 0 Å². The average molecular weight is 540 g/mol. The number of aliphatic hydroxyl groups is 1. The van der Waals surface area contributed by atoms with Crippen LogP contribution in [0, 0.1) is 0 Å². The molecule has 0 unspecified atom stereocenters. The summed E-state index contributed by atoms with van der Waals surface area (Å²) in [5, 5.41) is 16.8. The maximum atomic E-state index is 11.1. The zero-order valence-corrected chi connectivity index (χ0v) is 24.5. The average Bonchev–Trinajstić information content (AvgIpc) is 2.95. The minimum atomic E-state index is -2.94. The Labute approximate surface area is 234 Å². The van der Waals surface area contributed by atoms with E-state index in [-0.39, 0.29) is 5.04 Å². The molecule has 0 radical (unpaired) electrons. The Hall–Kier alpha value is -3.06. The predicted octanol–water partition coefficient (Wildman–Crippen LogP) is 5.65. The van der Waals surface area contributed by atoms with Crippen molar-refractivity contribution in [3.8, 4) is 0 Å². The molecule has 39 heavy (non-hydrogen) atoms. The Morgan fingerprint density at radius 1 is 0.692 bits per heavy atom. The lowest BCUT2D eigenvalue weighted by Crippen LogP contribution is -2.69. The molecular weight excluding hydrogens is 498 g/mol. The number of aliphatic hydroxyl groups excluding tert-OH is 1. The van der Waals surface area contributed by atoms with Gasteiger partial charge < -0.3 is 19.6 Å². The minimum absolute atomic E-state index is 0.229. The first-order valence-corrected chi connectivity index (χ1v) is 15.6. The summed E-state index contributed by atoms with van der Waals surface area (Å²) in [5.74, 6) is 0. The summed E-state index contributed by atoms with van der Waals surface area (Å²) in [5.41, 5.74) is 2.19. The van der Waals surface area contributed by atoms with Crippen molar-refractivity contribution < 1.29 is 14.3 Å². The van der Waals surface area contributed by atoms with Crippen molar-refractivity contribution in [1.82, 2.24) is 5.32 Å². The zero-order chi connectivity index (χ0) is 27.7. The molecule has 0 aliphatic carbocycles. The van der Waals surface area contributed by atoms with Crippen molar-refractivity contribution in [2.45, 2.75) is 64.3 Å². The van der Waals surface area contributed by atoms with Gasteiger partial charge in [-0.25, -0.2) is 0 Å². The fourth-order valence-corrected chi connectivity index (χ4v) is 9.73. The molecule has 5 heteroatoms. The van der Waals surface area contributed by atoms with Gasteiger partial charge in [-0.2, -0.15) is 0 Å². The first kappa shape index (κ1) is 28.9. The molecule has 0 fully saturated rings. The number of hydrogen-bond acceptors (Lipinski definition) is 4. The van der Waals surface area contributed by atoms with E-state index in [4.69, 9.17) is 9.16 Å². The SMILES string of the molecule is C[C@@H](O)[C@@H](NCc1ccccc1)[C@H](OCc1ccccc1)O[Si](c1ccccc1)(c1ccccc1)C(C)(C)C. The van der Waals surface area contributed by atoms with Gasteiger partial charge in [0.15, 0.2) is 6.29 Å². The largest absolute Gasteiger partial charge is 0.392 e. The Morgan fingerprint density at radius 3 is 1.56 bits per heavy atom. The van der Waals surface area contributed by atoms with Gasteiger partial charge in [0, 0.05) is 6.54 Å². The summed E-state index contributed by atoms with van der Waals surface area (Å²) in [6.45, 7) is 9.52. The minimum Gasteiger partial charge on any atom is -0.392 e. The molecule has 4 aromatic carbocycles. The number of ether oxygens (including phenoxy) is 1. The maximum absolute atomic E-state index is 11.1. The highest BCUT2D eigenvalue weighted by Gasteiger charge is 2.52. The van der Waals surface area contributed by atoms with E-state index >= 15 is 0 Å².